The Bertz CT molecular complexity index is 802. The number of amides is 1. The third-order valence-electron chi connectivity index (χ3n) is 4.40. The summed E-state index contributed by atoms with van der Waals surface area (Å²) < 4.78 is 8.72. The summed E-state index contributed by atoms with van der Waals surface area (Å²) in [4.78, 5) is 22.9. The maximum absolute atomic E-state index is 12.6. The van der Waals surface area contributed by atoms with E-state index in [0.717, 1.165) is 27.4 Å². The molecule has 2 atom stereocenters. The number of nitrogens with zero attached hydrogens (tertiary/aromatic N) is 4. The monoisotopic (exact) mass is 476 g/mol. The van der Waals surface area contributed by atoms with Gasteiger partial charge in [-0.1, -0.05) is 18.5 Å². The first-order valence-corrected chi connectivity index (χ1v) is 9.83. The molecule has 0 aromatic carbocycles. The topological polar surface area (TPSA) is 60.2 Å². The highest BCUT2D eigenvalue weighted by Crippen LogP contribution is 2.35. The van der Waals surface area contributed by atoms with Crippen LogP contribution in [0.4, 0.5) is 4.79 Å². The molecule has 3 rings (SSSR count). The minimum Gasteiger partial charge on any atom is -0.444 e. The lowest BCUT2D eigenvalue weighted by atomic mass is 10.1. The number of hydrogen-bond donors (Lipinski definition) is 0. The van der Waals surface area contributed by atoms with E-state index >= 15 is 0 Å². The van der Waals surface area contributed by atoms with Crippen molar-refractivity contribution in [3.63, 3.8) is 0 Å². The molecule has 1 fully saturated rings. The Morgan fingerprint density at radius 3 is 2.80 bits per heavy atom. The van der Waals surface area contributed by atoms with Crippen molar-refractivity contribution in [2.45, 2.75) is 58.2 Å². The van der Waals surface area contributed by atoms with Gasteiger partial charge in [0, 0.05) is 22.4 Å². The van der Waals surface area contributed by atoms with Gasteiger partial charge in [-0.05, 0) is 56.2 Å². The van der Waals surface area contributed by atoms with E-state index in [-0.39, 0.29) is 18.2 Å². The van der Waals surface area contributed by atoms with E-state index in [1.54, 1.807) is 0 Å². The zero-order chi connectivity index (χ0) is 18.4. The predicted octanol–water partition coefficient (Wildman–Crippen LogP) is 4.65. The predicted molar refractivity (Wildman–Crippen MR) is 106 cm³/mol. The number of aromatic nitrogens is 3. The fourth-order valence-corrected chi connectivity index (χ4v) is 4.49. The average molecular weight is 477 g/mol. The van der Waals surface area contributed by atoms with Gasteiger partial charge in [0.1, 0.15) is 22.7 Å². The van der Waals surface area contributed by atoms with Crippen molar-refractivity contribution in [3.05, 3.63) is 21.2 Å². The first kappa shape index (κ1) is 18.7. The molecule has 0 N–H and O–H groups in total. The van der Waals surface area contributed by atoms with Gasteiger partial charge in [-0.15, -0.1) is 0 Å². The Morgan fingerprint density at radius 1 is 1.44 bits per heavy atom. The molecule has 1 saturated heterocycles. The molecule has 1 aliphatic rings. The van der Waals surface area contributed by atoms with Gasteiger partial charge >= 0.3 is 6.09 Å². The van der Waals surface area contributed by atoms with Gasteiger partial charge in [0.05, 0.1) is 11.4 Å². The third kappa shape index (κ3) is 3.72. The van der Waals surface area contributed by atoms with E-state index in [1.165, 1.54) is 6.33 Å². The van der Waals surface area contributed by atoms with Crippen LogP contribution in [0.3, 0.4) is 0 Å². The van der Waals surface area contributed by atoms with Gasteiger partial charge in [-0.25, -0.2) is 14.8 Å². The number of carbonyl (C=O) groups is 1. The van der Waals surface area contributed by atoms with Crippen LogP contribution in [0.25, 0.3) is 11.0 Å². The van der Waals surface area contributed by atoms with Crippen molar-refractivity contribution in [2.75, 3.05) is 6.54 Å². The molecule has 25 heavy (non-hydrogen) atoms. The number of carbonyl (C=O) groups excluding carboxylic acids is 1. The average Bonchev–Trinajstić information content (AvgIpc) is 3.07. The van der Waals surface area contributed by atoms with E-state index in [2.05, 4.69) is 44.0 Å². The fourth-order valence-electron chi connectivity index (χ4n) is 3.31. The number of hydrogen-bond acceptors (Lipinski definition) is 4. The van der Waals surface area contributed by atoms with Gasteiger partial charge in [-0.2, -0.15) is 0 Å². The second kappa shape index (κ2) is 6.90. The zero-order valence-corrected chi connectivity index (χ0v) is 17.7. The quantitative estimate of drug-likeness (QED) is 0.468. The van der Waals surface area contributed by atoms with Crippen LogP contribution in [-0.2, 0) is 4.74 Å². The van der Waals surface area contributed by atoms with Crippen LogP contribution in [0.5, 0.6) is 0 Å². The van der Waals surface area contributed by atoms with Gasteiger partial charge in [-0.3, -0.25) is 0 Å². The maximum Gasteiger partial charge on any atom is 0.410 e. The summed E-state index contributed by atoms with van der Waals surface area (Å²) in [6, 6.07) is 0.307. The lowest BCUT2D eigenvalue weighted by Gasteiger charge is -2.28. The van der Waals surface area contributed by atoms with Crippen molar-refractivity contribution in [1.29, 1.82) is 0 Å². The molecule has 1 aliphatic heterocycles. The van der Waals surface area contributed by atoms with E-state index < -0.39 is 5.60 Å². The molecule has 0 bridgehead atoms. The Labute approximate surface area is 166 Å². The summed E-state index contributed by atoms with van der Waals surface area (Å²) >= 11 is 8.49. The highest BCUT2D eigenvalue weighted by atomic mass is 127. The summed E-state index contributed by atoms with van der Waals surface area (Å²) in [5.74, 6) is 0. The smallest absolute Gasteiger partial charge is 0.410 e. The molecule has 3 heterocycles. The highest BCUT2D eigenvalue weighted by molar-refractivity contribution is 14.1. The second-order valence-electron chi connectivity index (χ2n) is 7.33. The van der Waals surface area contributed by atoms with Gasteiger partial charge < -0.3 is 14.2 Å². The summed E-state index contributed by atoms with van der Waals surface area (Å²) in [7, 11) is 0. The largest absolute Gasteiger partial charge is 0.444 e. The molecule has 0 spiro atoms. The van der Waals surface area contributed by atoms with E-state index in [4.69, 9.17) is 16.3 Å². The lowest BCUT2D eigenvalue weighted by Crippen LogP contribution is -2.39. The van der Waals surface area contributed by atoms with Crippen LogP contribution >= 0.6 is 34.2 Å². The molecule has 2 aromatic rings. The summed E-state index contributed by atoms with van der Waals surface area (Å²) in [5.41, 5.74) is 0.319. The van der Waals surface area contributed by atoms with Crippen LogP contribution < -0.4 is 0 Å². The molecule has 136 valence electrons. The lowest BCUT2D eigenvalue weighted by molar-refractivity contribution is 0.0219. The van der Waals surface area contributed by atoms with E-state index in [0.29, 0.717) is 11.7 Å². The van der Waals surface area contributed by atoms with Crippen LogP contribution in [0.2, 0.25) is 5.15 Å². The van der Waals surface area contributed by atoms with Crippen molar-refractivity contribution in [3.8, 4) is 0 Å². The maximum atomic E-state index is 12.6. The SMILES string of the molecule is CC[C@H]1C[C@@H](n2cc(I)c3c(Cl)ncnc32)CN1C(=O)OC(C)(C)C. The molecule has 2 aromatic heterocycles. The fraction of sp³-hybridized carbons (Fsp3) is 0.588. The standard InChI is InChI=1S/C17H22ClIN4O2/c1-5-10-6-11(7-23(10)16(24)25-17(2,3)4)22-8-12(19)13-14(18)20-9-21-15(13)22/h8-11H,5-7H2,1-4H3/t10-,11+/m0/s1. The molecule has 0 aliphatic carbocycles. The van der Waals surface area contributed by atoms with Gasteiger partial charge in [0.2, 0.25) is 0 Å². The molecule has 1 amide bonds. The number of rotatable bonds is 2. The van der Waals surface area contributed by atoms with Gasteiger partial charge in [0.15, 0.2) is 0 Å². The number of fused-ring (bicyclic) bond motifs is 1. The first-order chi connectivity index (χ1) is 11.7. The molecule has 0 saturated carbocycles. The zero-order valence-electron chi connectivity index (χ0n) is 14.8. The van der Waals surface area contributed by atoms with Crippen LogP contribution in [0.15, 0.2) is 12.5 Å². The molecule has 0 unspecified atom stereocenters. The second-order valence-corrected chi connectivity index (χ2v) is 8.85. The highest BCUT2D eigenvalue weighted by Gasteiger charge is 2.38. The van der Waals surface area contributed by atoms with Crippen LogP contribution in [0, 0.1) is 3.57 Å². The molecular weight excluding hydrogens is 455 g/mol. The summed E-state index contributed by atoms with van der Waals surface area (Å²) in [6.45, 7) is 8.37. The number of ether oxygens (including phenoxy) is 1. The van der Waals surface area contributed by atoms with Crippen molar-refractivity contribution in [1.82, 2.24) is 19.4 Å². The Hall–Kier alpha value is -1.09. The van der Waals surface area contributed by atoms with E-state index in [9.17, 15) is 4.79 Å². The molecule has 8 heteroatoms. The molecule has 6 nitrogen and oxygen atoms in total. The third-order valence-corrected chi connectivity index (χ3v) is 5.51. The van der Waals surface area contributed by atoms with Crippen LogP contribution in [-0.4, -0.2) is 43.7 Å². The normalized spacial score (nSPS) is 21.1. The first-order valence-electron chi connectivity index (χ1n) is 8.37. The number of halogens is 2. The van der Waals surface area contributed by atoms with Crippen molar-refractivity contribution < 1.29 is 9.53 Å². The van der Waals surface area contributed by atoms with E-state index in [1.807, 2.05) is 31.9 Å². The Kier molecular flexibility index (Phi) is 5.16. The number of likely N-dealkylation sites (tertiary alicyclic amines) is 1. The minimum absolute atomic E-state index is 0.148. The molecule has 0 radical (unpaired) electrons. The van der Waals surface area contributed by atoms with Crippen molar-refractivity contribution >= 4 is 51.3 Å². The Morgan fingerprint density at radius 2 is 2.16 bits per heavy atom. The van der Waals surface area contributed by atoms with Crippen molar-refractivity contribution in [2.24, 2.45) is 0 Å². The van der Waals surface area contributed by atoms with Crippen LogP contribution in [0.1, 0.15) is 46.6 Å². The summed E-state index contributed by atoms with van der Waals surface area (Å²) in [6.07, 6.45) is 5.04. The minimum atomic E-state index is -0.496. The Balaban J connectivity index is 1.90. The van der Waals surface area contributed by atoms with Gasteiger partial charge in [0.25, 0.3) is 0 Å². The summed E-state index contributed by atoms with van der Waals surface area (Å²) in [5, 5.41) is 1.33. The molecular formula is C17H22ClIN4O2.